The van der Waals surface area contributed by atoms with E-state index in [4.69, 9.17) is 14.2 Å². The molecule has 172 valence electrons. The molecule has 0 N–H and O–H groups in total. The average Bonchev–Trinajstić information content (AvgIpc) is 3.42. The molecule has 1 aromatic heterocycles. The third kappa shape index (κ3) is 5.48. The predicted molar refractivity (Wildman–Crippen MR) is 121 cm³/mol. The molecule has 7 nitrogen and oxygen atoms in total. The summed E-state index contributed by atoms with van der Waals surface area (Å²) >= 11 is 1.41. The number of likely N-dealkylation sites (tertiary alicyclic amines) is 1. The van der Waals surface area contributed by atoms with E-state index in [1.165, 1.54) is 11.3 Å². The van der Waals surface area contributed by atoms with Crippen molar-refractivity contribution in [2.24, 2.45) is 0 Å². The van der Waals surface area contributed by atoms with E-state index in [-0.39, 0.29) is 24.2 Å². The molecular formula is C24H30N2O5S. The summed E-state index contributed by atoms with van der Waals surface area (Å²) in [6.45, 7) is 6.90. The lowest BCUT2D eigenvalue weighted by atomic mass is 10.1. The van der Waals surface area contributed by atoms with Gasteiger partial charge in [-0.2, -0.15) is 0 Å². The van der Waals surface area contributed by atoms with E-state index in [1.54, 1.807) is 28.5 Å². The van der Waals surface area contributed by atoms with Crippen LogP contribution in [0.2, 0.25) is 0 Å². The van der Waals surface area contributed by atoms with E-state index >= 15 is 0 Å². The summed E-state index contributed by atoms with van der Waals surface area (Å²) in [5, 5.41) is 2.53. The first-order chi connectivity index (χ1) is 15.3. The maximum Gasteiger partial charge on any atom is 0.410 e. The molecule has 0 spiro atoms. The molecule has 1 unspecified atom stereocenters. The molecule has 0 radical (unpaired) electrons. The molecule has 2 aliphatic heterocycles. The van der Waals surface area contributed by atoms with Gasteiger partial charge in [-0.3, -0.25) is 9.69 Å². The second-order valence-electron chi connectivity index (χ2n) is 9.17. The van der Waals surface area contributed by atoms with Gasteiger partial charge >= 0.3 is 6.09 Å². The topological polar surface area (TPSA) is 78.0 Å². The van der Waals surface area contributed by atoms with Crippen LogP contribution in [0, 0.1) is 0 Å². The zero-order valence-electron chi connectivity index (χ0n) is 18.8. The van der Waals surface area contributed by atoms with Crippen LogP contribution in [-0.4, -0.2) is 46.8 Å². The first-order valence-corrected chi connectivity index (χ1v) is 12.1. The molecule has 8 heteroatoms. The Morgan fingerprint density at radius 2 is 2.03 bits per heavy atom. The third-order valence-corrected chi connectivity index (χ3v) is 6.37. The van der Waals surface area contributed by atoms with Gasteiger partial charge in [-0.1, -0.05) is 12.1 Å². The number of rotatable bonds is 5. The van der Waals surface area contributed by atoms with Gasteiger partial charge in [0.1, 0.15) is 22.1 Å². The standard InChI is InChI=1S/C24H30N2O5S/c1-24(2,3)31-23(28)26-12-7-10-19(26)22-25-18(15-32-22)21(27)16-8-6-9-17(14-16)30-20-11-4-5-13-29-20/h6,8-9,14-15,19-20H,4-5,7,10-13H2,1-3H3/t19-,20?/m0/s1. The Balaban J connectivity index is 1.45. The van der Waals surface area contributed by atoms with Crippen molar-refractivity contribution < 1.29 is 23.8 Å². The van der Waals surface area contributed by atoms with Crippen LogP contribution in [0.25, 0.3) is 0 Å². The van der Waals surface area contributed by atoms with Crippen LogP contribution < -0.4 is 4.74 Å². The van der Waals surface area contributed by atoms with Crippen LogP contribution in [0.3, 0.4) is 0 Å². The minimum absolute atomic E-state index is 0.158. The van der Waals surface area contributed by atoms with Gasteiger partial charge in [-0.25, -0.2) is 9.78 Å². The fourth-order valence-corrected chi connectivity index (χ4v) is 4.87. The Morgan fingerprint density at radius 1 is 1.19 bits per heavy atom. The summed E-state index contributed by atoms with van der Waals surface area (Å²) < 4.78 is 17.1. The minimum Gasteiger partial charge on any atom is -0.465 e. The number of benzene rings is 1. The number of carbonyl (C=O) groups excluding carboxylic acids is 2. The quantitative estimate of drug-likeness (QED) is 0.562. The lowest BCUT2D eigenvalue weighted by molar-refractivity contribution is -0.105. The fourth-order valence-electron chi connectivity index (χ4n) is 3.92. The Morgan fingerprint density at radius 3 is 2.78 bits per heavy atom. The number of amides is 1. The van der Waals surface area contributed by atoms with Crippen LogP contribution >= 0.6 is 11.3 Å². The number of ether oxygens (including phenoxy) is 3. The van der Waals surface area contributed by atoms with Crippen LogP contribution in [-0.2, 0) is 9.47 Å². The molecule has 2 saturated heterocycles. The van der Waals surface area contributed by atoms with Crippen molar-refractivity contribution >= 4 is 23.2 Å². The summed E-state index contributed by atoms with van der Waals surface area (Å²) in [6, 6.07) is 6.98. The molecule has 1 amide bonds. The van der Waals surface area contributed by atoms with Gasteiger partial charge in [-0.15, -0.1) is 11.3 Å². The molecule has 0 aliphatic carbocycles. The minimum atomic E-state index is -0.552. The van der Waals surface area contributed by atoms with Crippen LogP contribution in [0.15, 0.2) is 29.6 Å². The van der Waals surface area contributed by atoms with Crippen molar-refractivity contribution in [1.82, 2.24) is 9.88 Å². The van der Waals surface area contributed by atoms with Crippen molar-refractivity contribution in [2.45, 2.75) is 70.8 Å². The average molecular weight is 459 g/mol. The summed E-state index contributed by atoms with van der Waals surface area (Å²) in [7, 11) is 0. The van der Waals surface area contributed by atoms with E-state index in [0.717, 1.165) is 37.1 Å². The Bertz CT molecular complexity index is 961. The van der Waals surface area contributed by atoms with Gasteiger partial charge in [-0.05, 0) is 58.6 Å². The molecule has 1 aromatic carbocycles. The molecule has 0 bridgehead atoms. The number of nitrogens with zero attached hydrogens (tertiary/aromatic N) is 2. The van der Waals surface area contributed by atoms with Gasteiger partial charge in [0.25, 0.3) is 0 Å². The van der Waals surface area contributed by atoms with Crippen molar-refractivity contribution in [1.29, 1.82) is 0 Å². The zero-order valence-corrected chi connectivity index (χ0v) is 19.7. The molecule has 2 aliphatic rings. The monoisotopic (exact) mass is 458 g/mol. The highest BCUT2D eigenvalue weighted by Gasteiger charge is 2.35. The number of ketones is 1. The van der Waals surface area contributed by atoms with Crippen molar-refractivity contribution in [3.63, 3.8) is 0 Å². The lowest BCUT2D eigenvalue weighted by Gasteiger charge is -2.27. The van der Waals surface area contributed by atoms with E-state index in [9.17, 15) is 9.59 Å². The smallest absolute Gasteiger partial charge is 0.410 e. The number of hydrogen-bond donors (Lipinski definition) is 0. The van der Waals surface area contributed by atoms with Crippen LogP contribution in [0.5, 0.6) is 5.75 Å². The van der Waals surface area contributed by atoms with Gasteiger partial charge in [0.2, 0.25) is 5.78 Å². The summed E-state index contributed by atoms with van der Waals surface area (Å²) in [6.07, 6.45) is 4.08. The normalized spacial score (nSPS) is 21.4. The highest BCUT2D eigenvalue weighted by molar-refractivity contribution is 7.10. The van der Waals surface area contributed by atoms with Crippen LogP contribution in [0.1, 0.15) is 80.0 Å². The highest BCUT2D eigenvalue weighted by Crippen LogP contribution is 2.35. The van der Waals surface area contributed by atoms with Gasteiger partial charge in [0.05, 0.1) is 12.6 Å². The lowest BCUT2D eigenvalue weighted by Crippen LogP contribution is -2.36. The van der Waals surface area contributed by atoms with E-state index < -0.39 is 5.60 Å². The number of carbonyl (C=O) groups is 2. The Labute approximate surface area is 192 Å². The number of thiazole rings is 1. The highest BCUT2D eigenvalue weighted by atomic mass is 32.1. The molecule has 3 heterocycles. The second-order valence-corrected chi connectivity index (χ2v) is 10.1. The molecular weight excluding hydrogens is 428 g/mol. The first kappa shape index (κ1) is 22.7. The van der Waals surface area contributed by atoms with E-state index in [1.807, 2.05) is 26.8 Å². The Hall–Kier alpha value is -2.45. The number of hydrogen-bond acceptors (Lipinski definition) is 7. The summed E-state index contributed by atoms with van der Waals surface area (Å²) in [5.41, 5.74) is 0.349. The maximum absolute atomic E-state index is 13.1. The zero-order chi connectivity index (χ0) is 22.7. The van der Waals surface area contributed by atoms with Gasteiger partial charge in [0, 0.05) is 23.9 Å². The van der Waals surface area contributed by atoms with Crippen molar-refractivity contribution in [3.8, 4) is 5.75 Å². The van der Waals surface area contributed by atoms with E-state index in [0.29, 0.717) is 30.2 Å². The number of aromatic nitrogens is 1. The second kappa shape index (κ2) is 9.58. The molecule has 2 atom stereocenters. The SMILES string of the molecule is CC(C)(C)OC(=O)N1CCC[C@H]1c1nc(C(=O)c2cccc(OC3CCCCO3)c2)cs1. The molecule has 2 aromatic rings. The molecule has 0 saturated carbocycles. The van der Waals surface area contributed by atoms with E-state index in [2.05, 4.69) is 4.98 Å². The summed E-state index contributed by atoms with van der Waals surface area (Å²) in [5.74, 6) is 0.453. The van der Waals surface area contributed by atoms with Crippen molar-refractivity contribution in [2.75, 3.05) is 13.2 Å². The molecule has 4 rings (SSSR count). The van der Waals surface area contributed by atoms with Gasteiger partial charge in [0.15, 0.2) is 6.29 Å². The predicted octanol–water partition coefficient (Wildman–Crippen LogP) is 5.35. The Kier molecular flexibility index (Phi) is 6.81. The molecule has 32 heavy (non-hydrogen) atoms. The summed E-state index contributed by atoms with van der Waals surface area (Å²) in [4.78, 5) is 32.0. The first-order valence-electron chi connectivity index (χ1n) is 11.2. The van der Waals surface area contributed by atoms with Crippen molar-refractivity contribution in [3.05, 3.63) is 45.9 Å². The fraction of sp³-hybridized carbons (Fsp3) is 0.542. The third-order valence-electron chi connectivity index (χ3n) is 5.42. The largest absolute Gasteiger partial charge is 0.465 e. The van der Waals surface area contributed by atoms with Crippen LogP contribution in [0.4, 0.5) is 4.79 Å². The molecule has 2 fully saturated rings. The van der Waals surface area contributed by atoms with Gasteiger partial charge < -0.3 is 14.2 Å². The maximum atomic E-state index is 13.1.